The van der Waals surface area contributed by atoms with Gasteiger partial charge in [-0.15, -0.1) is 0 Å². The molecule has 0 amide bonds. The number of aromatic amines is 1. The quantitative estimate of drug-likeness (QED) is 0.861. The average molecular weight is 329 g/mol. The van der Waals surface area contributed by atoms with Crippen LogP contribution in [0.3, 0.4) is 0 Å². The summed E-state index contributed by atoms with van der Waals surface area (Å²) in [5, 5.41) is 0. The normalized spacial score (nSPS) is 20.4. The zero-order valence-corrected chi connectivity index (χ0v) is 12.1. The summed E-state index contributed by atoms with van der Waals surface area (Å²) in [5.74, 6) is 0. The van der Waals surface area contributed by atoms with Gasteiger partial charge in [-0.1, -0.05) is 15.9 Å². The van der Waals surface area contributed by atoms with Gasteiger partial charge < -0.3 is 19.0 Å². The monoisotopic (exact) mass is 328 g/mol. The maximum atomic E-state index is 5.67. The van der Waals surface area contributed by atoms with Crippen molar-refractivity contribution in [2.24, 2.45) is 0 Å². The minimum Gasteiger partial charge on any atom is -0.376 e. The Bertz CT molecular complexity index is 616. The van der Waals surface area contributed by atoms with Gasteiger partial charge in [0.1, 0.15) is 0 Å². The lowest BCUT2D eigenvalue weighted by molar-refractivity contribution is -0.0933. The van der Waals surface area contributed by atoms with Crippen molar-refractivity contribution in [3.05, 3.63) is 27.4 Å². The Labute approximate surface area is 118 Å². The molecule has 1 fully saturated rings. The molecular formula is C12H13BrN2O2S. The molecule has 18 heavy (non-hydrogen) atoms. The number of H-pyrrole nitrogens is 1. The zero-order chi connectivity index (χ0) is 12.5. The third-order valence-electron chi connectivity index (χ3n) is 3.01. The predicted octanol–water partition coefficient (Wildman–Crippen LogP) is 2.88. The largest absolute Gasteiger partial charge is 0.376 e. The van der Waals surface area contributed by atoms with Crippen LogP contribution in [0.5, 0.6) is 0 Å². The number of hydrogen-bond acceptors (Lipinski definition) is 3. The number of nitrogens with zero attached hydrogens (tertiary/aromatic N) is 1. The lowest BCUT2D eigenvalue weighted by Gasteiger charge is -2.23. The van der Waals surface area contributed by atoms with Gasteiger partial charge in [0.05, 0.1) is 43.5 Å². The number of nitrogens with one attached hydrogen (secondary N) is 1. The molecule has 1 N–H and O–H groups in total. The van der Waals surface area contributed by atoms with E-state index in [4.69, 9.17) is 21.7 Å². The number of imidazole rings is 1. The lowest BCUT2D eigenvalue weighted by Crippen LogP contribution is -2.32. The average Bonchev–Trinajstić information content (AvgIpc) is 2.67. The molecule has 1 saturated heterocycles. The second-order valence-corrected chi connectivity index (χ2v) is 5.57. The fourth-order valence-electron chi connectivity index (χ4n) is 2.15. The van der Waals surface area contributed by atoms with Crippen LogP contribution >= 0.6 is 28.1 Å². The summed E-state index contributed by atoms with van der Waals surface area (Å²) in [6, 6.07) is 6.08. The molecule has 3 rings (SSSR count). The fourth-order valence-corrected chi connectivity index (χ4v) is 2.78. The predicted molar refractivity (Wildman–Crippen MR) is 75.4 cm³/mol. The third kappa shape index (κ3) is 2.38. The molecule has 1 aromatic carbocycles. The van der Waals surface area contributed by atoms with E-state index in [0.29, 0.717) is 19.8 Å². The highest BCUT2D eigenvalue weighted by Gasteiger charge is 2.16. The van der Waals surface area contributed by atoms with E-state index in [9.17, 15) is 0 Å². The Hall–Kier alpha value is -0.690. The highest BCUT2D eigenvalue weighted by atomic mass is 79.9. The molecule has 6 heteroatoms. The molecular weight excluding hydrogens is 316 g/mol. The molecule has 0 spiro atoms. The summed E-state index contributed by atoms with van der Waals surface area (Å²) in [4.78, 5) is 3.20. The second kappa shape index (κ2) is 5.13. The van der Waals surface area contributed by atoms with Crippen LogP contribution in [0.15, 0.2) is 22.7 Å². The number of rotatable bonds is 2. The number of fused-ring (bicyclic) bond motifs is 1. The van der Waals surface area contributed by atoms with Crippen LogP contribution in [0.1, 0.15) is 0 Å². The number of benzene rings is 1. The van der Waals surface area contributed by atoms with Crippen molar-refractivity contribution in [1.29, 1.82) is 0 Å². The molecule has 0 radical (unpaired) electrons. The summed E-state index contributed by atoms with van der Waals surface area (Å²) in [7, 11) is 0. The standard InChI is InChI=1S/C12H13BrN2O2S/c13-8-1-2-10-11(5-8)15(12(18)14-10)6-9-7-16-3-4-17-9/h1-2,5,9H,3-4,6-7H2,(H,14,18). The van der Waals surface area contributed by atoms with E-state index in [2.05, 4.69) is 31.5 Å². The Morgan fingerprint density at radius 1 is 1.44 bits per heavy atom. The highest BCUT2D eigenvalue weighted by Crippen LogP contribution is 2.20. The molecule has 1 atom stereocenters. The lowest BCUT2D eigenvalue weighted by atomic mass is 10.3. The van der Waals surface area contributed by atoms with E-state index in [1.807, 2.05) is 12.1 Å². The number of halogens is 1. The van der Waals surface area contributed by atoms with E-state index in [-0.39, 0.29) is 6.10 Å². The fraction of sp³-hybridized carbons (Fsp3) is 0.417. The molecule has 96 valence electrons. The van der Waals surface area contributed by atoms with Gasteiger partial charge in [0, 0.05) is 4.47 Å². The first-order valence-corrected chi connectivity index (χ1v) is 7.01. The smallest absolute Gasteiger partial charge is 0.178 e. The van der Waals surface area contributed by atoms with Gasteiger partial charge >= 0.3 is 0 Å². The second-order valence-electron chi connectivity index (χ2n) is 4.27. The van der Waals surface area contributed by atoms with Crippen LogP contribution in [-0.4, -0.2) is 35.5 Å². The summed E-state index contributed by atoms with van der Waals surface area (Å²) in [6.45, 7) is 2.68. The zero-order valence-electron chi connectivity index (χ0n) is 9.69. The Kier molecular flexibility index (Phi) is 3.52. The maximum absolute atomic E-state index is 5.67. The third-order valence-corrected chi connectivity index (χ3v) is 3.82. The van der Waals surface area contributed by atoms with Crippen molar-refractivity contribution in [1.82, 2.24) is 9.55 Å². The molecule has 0 aliphatic carbocycles. The first-order chi connectivity index (χ1) is 8.74. The molecule has 1 aliphatic rings. The summed E-state index contributed by atoms with van der Waals surface area (Å²) in [5.41, 5.74) is 2.13. The molecule has 1 aromatic heterocycles. The van der Waals surface area contributed by atoms with Crippen molar-refractivity contribution in [2.45, 2.75) is 12.6 Å². The van der Waals surface area contributed by atoms with E-state index in [1.54, 1.807) is 0 Å². The van der Waals surface area contributed by atoms with Crippen LogP contribution in [0.4, 0.5) is 0 Å². The summed E-state index contributed by atoms with van der Waals surface area (Å²) >= 11 is 8.84. The summed E-state index contributed by atoms with van der Waals surface area (Å²) < 4.78 is 14.9. The van der Waals surface area contributed by atoms with Crippen molar-refractivity contribution in [2.75, 3.05) is 19.8 Å². The van der Waals surface area contributed by atoms with Gasteiger partial charge in [0.15, 0.2) is 4.77 Å². The van der Waals surface area contributed by atoms with Crippen LogP contribution in [0.2, 0.25) is 0 Å². The maximum Gasteiger partial charge on any atom is 0.178 e. The van der Waals surface area contributed by atoms with Gasteiger partial charge in [-0.3, -0.25) is 0 Å². The van der Waals surface area contributed by atoms with Crippen molar-refractivity contribution < 1.29 is 9.47 Å². The van der Waals surface area contributed by atoms with Crippen molar-refractivity contribution >= 4 is 39.2 Å². The van der Waals surface area contributed by atoms with Gasteiger partial charge in [-0.2, -0.15) is 0 Å². The van der Waals surface area contributed by atoms with Gasteiger partial charge in [-0.25, -0.2) is 0 Å². The van der Waals surface area contributed by atoms with Crippen LogP contribution in [-0.2, 0) is 16.0 Å². The topological polar surface area (TPSA) is 39.2 Å². The Morgan fingerprint density at radius 3 is 3.11 bits per heavy atom. The molecule has 2 heterocycles. The van der Waals surface area contributed by atoms with E-state index < -0.39 is 0 Å². The minimum atomic E-state index is 0.0726. The molecule has 0 bridgehead atoms. The van der Waals surface area contributed by atoms with Crippen molar-refractivity contribution in [3.63, 3.8) is 0 Å². The van der Waals surface area contributed by atoms with E-state index in [1.165, 1.54) is 0 Å². The van der Waals surface area contributed by atoms with Gasteiger partial charge in [0.2, 0.25) is 0 Å². The highest BCUT2D eigenvalue weighted by molar-refractivity contribution is 9.10. The molecule has 0 saturated carbocycles. The van der Waals surface area contributed by atoms with Crippen molar-refractivity contribution in [3.8, 4) is 0 Å². The van der Waals surface area contributed by atoms with Gasteiger partial charge in [-0.05, 0) is 30.4 Å². The van der Waals surface area contributed by atoms with Crippen LogP contribution in [0, 0.1) is 4.77 Å². The summed E-state index contributed by atoms with van der Waals surface area (Å²) in [6.07, 6.45) is 0.0726. The number of ether oxygens (including phenoxy) is 2. The Balaban J connectivity index is 1.97. The van der Waals surface area contributed by atoms with Crippen LogP contribution in [0.25, 0.3) is 11.0 Å². The van der Waals surface area contributed by atoms with E-state index in [0.717, 1.165) is 26.8 Å². The first kappa shape index (κ1) is 12.3. The molecule has 1 aliphatic heterocycles. The van der Waals surface area contributed by atoms with Gasteiger partial charge in [0.25, 0.3) is 0 Å². The van der Waals surface area contributed by atoms with E-state index >= 15 is 0 Å². The molecule has 4 nitrogen and oxygen atoms in total. The molecule has 2 aromatic rings. The number of aromatic nitrogens is 2. The SMILES string of the molecule is S=c1[nH]c2ccc(Br)cc2n1CC1COCCO1. The van der Waals surface area contributed by atoms with Crippen LogP contribution < -0.4 is 0 Å². The first-order valence-electron chi connectivity index (χ1n) is 5.81. The molecule has 1 unspecified atom stereocenters. The number of hydrogen-bond donors (Lipinski definition) is 1. The Morgan fingerprint density at radius 2 is 2.33 bits per heavy atom. The minimum absolute atomic E-state index is 0.0726.